The second-order valence-electron chi connectivity index (χ2n) is 7.66. The molecule has 3 aromatic carbocycles. The van der Waals surface area contributed by atoms with Gasteiger partial charge in [0.1, 0.15) is 17.3 Å². The minimum absolute atomic E-state index is 0.0424. The number of halogens is 1. The van der Waals surface area contributed by atoms with Gasteiger partial charge in [0, 0.05) is 33.9 Å². The molecule has 1 fully saturated rings. The second kappa shape index (κ2) is 7.94. The van der Waals surface area contributed by atoms with E-state index in [0.29, 0.717) is 22.6 Å². The Kier molecular flexibility index (Phi) is 4.94. The quantitative estimate of drug-likeness (QED) is 0.266. The van der Waals surface area contributed by atoms with Crippen LogP contribution in [-0.2, 0) is 9.59 Å². The monoisotopic (exact) mass is 442 g/mol. The highest BCUT2D eigenvalue weighted by molar-refractivity contribution is 6.51. The van der Waals surface area contributed by atoms with Crippen LogP contribution in [0.1, 0.15) is 17.2 Å². The van der Waals surface area contributed by atoms with E-state index in [1.807, 2.05) is 24.3 Å². The van der Waals surface area contributed by atoms with Gasteiger partial charge in [-0.05, 0) is 54.6 Å². The van der Waals surface area contributed by atoms with Crippen molar-refractivity contribution >= 4 is 34.0 Å². The van der Waals surface area contributed by atoms with E-state index in [4.69, 9.17) is 4.74 Å². The highest BCUT2D eigenvalue weighted by atomic mass is 19.1. The predicted molar refractivity (Wildman–Crippen MR) is 122 cm³/mol. The van der Waals surface area contributed by atoms with Crippen molar-refractivity contribution in [3.05, 3.63) is 102 Å². The van der Waals surface area contributed by atoms with E-state index in [0.717, 1.165) is 10.9 Å². The molecular formula is C26H19FN2O4. The number of nitrogens with zero attached hydrogens (tertiary/aromatic N) is 1. The maximum atomic E-state index is 13.6. The zero-order valence-electron chi connectivity index (χ0n) is 17.6. The van der Waals surface area contributed by atoms with E-state index in [9.17, 15) is 19.1 Å². The third kappa shape index (κ3) is 3.34. The van der Waals surface area contributed by atoms with Crippen LogP contribution in [0, 0.1) is 5.82 Å². The van der Waals surface area contributed by atoms with Gasteiger partial charge in [0.05, 0.1) is 18.7 Å². The number of carbonyl (C=O) groups is 2. The number of fused-ring (bicyclic) bond motifs is 1. The van der Waals surface area contributed by atoms with Gasteiger partial charge in [0.2, 0.25) is 0 Å². The SMILES string of the molecule is COc1ccc(/C(O)=C2\C(=O)C(=O)N(c3ccc(F)cc3)C2c2c[nH]c3ccccc23)cc1. The Morgan fingerprint density at radius 3 is 2.39 bits per heavy atom. The fraction of sp³-hybridized carbons (Fsp3) is 0.0769. The molecular weight excluding hydrogens is 423 g/mol. The average molecular weight is 442 g/mol. The normalized spacial score (nSPS) is 17.6. The number of ketones is 1. The van der Waals surface area contributed by atoms with Crippen molar-refractivity contribution in [2.75, 3.05) is 12.0 Å². The smallest absolute Gasteiger partial charge is 0.300 e. The van der Waals surface area contributed by atoms with Crippen LogP contribution in [0.25, 0.3) is 16.7 Å². The minimum atomic E-state index is -0.909. The number of ether oxygens (including phenoxy) is 1. The van der Waals surface area contributed by atoms with Crippen LogP contribution < -0.4 is 9.64 Å². The Morgan fingerprint density at radius 2 is 1.70 bits per heavy atom. The molecule has 1 aliphatic heterocycles. The van der Waals surface area contributed by atoms with E-state index in [1.54, 1.807) is 30.5 Å². The summed E-state index contributed by atoms with van der Waals surface area (Å²) in [5.41, 5.74) is 2.14. The topological polar surface area (TPSA) is 82.6 Å². The summed E-state index contributed by atoms with van der Waals surface area (Å²) in [4.78, 5) is 30.9. The van der Waals surface area contributed by atoms with Crippen molar-refractivity contribution in [1.82, 2.24) is 4.98 Å². The summed E-state index contributed by atoms with van der Waals surface area (Å²) >= 11 is 0. The number of carbonyl (C=O) groups excluding carboxylic acids is 2. The van der Waals surface area contributed by atoms with Crippen LogP contribution in [-0.4, -0.2) is 28.9 Å². The zero-order chi connectivity index (χ0) is 23.1. The molecule has 1 aliphatic rings. The number of H-pyrrole nitrogens is 1. The summed E-state index contributed by atoms with van der Waals surface area (Å²) in [5.74, 6) is -1.78. The number of benzene rings is 3. The van der Waals surface area contributed by atoms with Crippen LogP contribution in [0.2, 0.25) is 0 Å². The lowest BCUT2D eigenvalue weighted by atomic mass is 9.94. The van der Waals surface area contributed by atoms with E-state index in [2.05, 4.69) is 4.98 Å². The largest absolute Gasteiger partial charge is 0.507 e. The molecule has 0 radical (unpaired) electrons. The molecule has 1 aromatic heterocycles. The van der Waals surface area contributed by atoms with Crippen molar-refractivity contribution in [2.45, 2.75) is 6.04 Å². The number of aromatic amines is 1. The van der Waals surface area contributed by atoms with Crippen LogP contribution >= 0.6 is 0 Å². The number of aliphatic hydroxyl groups excluding tert-OH is 1. The Hall–Kier alpha value is -4.39. The summed E-state index contributed by atoms with van der Waals surface area (Å²) in [6.07, 6.45) is 1.72. The first-order valence-electron chi connectivity index (χ1n) is 10.3. The van der Waals surface area contributed by atoms with Crippen LogP contribution in [0.4, 0.5) is 10.1 Å². The number of Topliss-reactive ketones (excluding diaryl/α,β-unsaturated/α-hetero) is 1. The molecule has 4 aromatic rings. The fourth-order valence-corrected chi connectivity index (χ4v) is 4.22. The molecule has 0 aliphatic carbocycles. The molecule has 0 saturated carbocycles. The molecule has 33 heavy (non-hydrogen) atoms. The van der Waals surface area contributed by atoms with Gasteiger partial charge in [-0.3, -0.25) is 14.5 Å². The number of hydrogen-bond acceptors (Lipinski definition) is 4. The van der Waals surface area contributed by atoms with Crippen molar-refractivity contribution < 1.29 is 23.8 Å². The number of hydrogen-bond donors (Lipinski definition) is 2. The number of para-hydroxylation sites is 1. The molecule has 1 amide bonds. The van der Waals surface area contributed by atoms with Gasteiger partial charge in [-0.2, -0.15) is 0 Å². The Morgan fingerprint density at radius 1 is 1.00 bits per heavy atom. The molecule has 2 heterocycles. The average Bonchev–Trinajstić information content (AvgIpc) is 3.38. The molecule has 5 rings (SSSR count). The first kappa shape index (κ1) is 20.5. The van der Waals surface area contributed by atoms with E-state index in [-0.39, 0.29) is 11.3 Å². The van der Waals surface area contributed by atoms with Gasteiger partial charge in [0.25, 0.3) is 11.7 Å². The number of amides is 1. The number of methoxy groups -OCH3 is 1. The van der Waals surface area contributed by atoms with E-state index in [1.165, 1.54) is 36.3 Å². The fourth-order valence-electron chi connectivity index (χ4n) is 4.22. The summed E-state index contributed by atoms with van der Waals surface area (Å²) < 4.78 is 18.7. The lowest BCUT2D eigenvalue weighted by Crippen LogP contribution is -2.29. The summed E-state index contributed by atoms with van der Waals surface area (Å²) in [5, 5.41) is 12.0. The lowest BCUT2D eigenvalue weighted by molar-refractivity contribution is -0.132. The molecule has 2 N–H and O–H groups in total. The Labute approximate surface area is 188 Å². The van der Waals surface area contributed by atoms with Gasteiger partial charge in [0.15, 0.2) is 0 Å². The van der Waals surface area contributed by atoms with Crippen LogP contribution in [0.5, 0.6) is 5.75 Å². The number of rotatable bonds is 4. The zero-order valence-corrected chi connectivity index (χ0v) is 17.6. The first-order valence-corrected chi connectivity index (χ1v) is 10.3. The Bertz CT molecular complexity index is 1400. The lowest BCUT2D eigenvalue weighted by Gasteiger charge is -2.25. The number of nitrogens with one attached hydrogen (secondary N) is 1. The van der Waals surface area contributed by atoms with Crippen molar-refractivity contribution in [2.24, 2.45) is 0 Å². The number of anilines is 1. The molecule has 164 valence electrons. The second-order valence-corrected chi connectivity index (χ2v) is 7.66. The van der Waals surface area contributed by atoms with E-state index >= 15 is 0 Å². The Balaban J connectivity index is 1.75. The third-order valence-corrected chi connectivity index (χ3v) is 5.83. The maximum Gasteiger partial charge on any atom is 0.300 e. The molecule has 1 unspecified atom stereocenters. The molecule has 1 saturated heterocycles. The first-order chi connectivity index (χ1) is 16.0. The summed E-state index contributed by atoms with van der Waals surface area (Å²) in [6, 6.07) is 18.5. The van der Waals surface area contributed by atoms with Gasteiger partial charge in [-0.1, -0.05) is 18.2 Å². The number of aliphatic hydroxyl groups is 1. The van der Waals surface area contributed by atoms with Gasteiger partial charge in [-0.15, -0.1) is 0 Å². The molecule has 0 bridgehead atoms. The van der Waals surface area contributed by atoms with Crippen molar-refractivity contribution in [3.8, 4) is 5.75 Å². The summed E-state index contributed by atoms with van der Waals surface area (Å²) in [6.45, 7) is 0. The van der Waals surface area contributed by atoms with Gasteiger partial charge < -0.3 is 14.8 Å². The van der Waals surface area contributed by atoms with Crippen LogP contribution in [0.3, 0.4) is 0 Å². The number of aromatic nitrogens is 1. The molecule has 7 heteroatoms. The molecule has 1 atom stereocenters. The van der Waals surface area contributed by atoms with Gasteiger partial charge >= 0.3 is 0 Å². The standard InChI is InChI=1S/C26H19FN2O4/c1-33-18-12-6-15(7-13-18)24(30)22-23(20-14-28-21-5-3-2-4-19(20)21)29(26(32)25(22)31)17-10-8-16(27)9-11-17/h2-14,23,28,30H,1H3/b24-22+. The van der Waals surface area contributed by atoms with Gasteiger partial charge in [-0.25, -0.2) is 4.39 Å². The highest BCUT2D eigenvalue weighted by Gasteiger charge is 2.47. The molecule has 0 spiro atoms. The predicted octanol–water partition coefficient (Wildman–Crippen LogP) is 4.94. The van der Waals surface area contributed by atoms with Crippen molar-refractivity contribution in [1.29, 1.82) is 0 Å². The summed E-state index contributed by atoms with van der Waals surface area (Å²) in [7, 11) is 1.53. The minimum Gasteiger partial charge on any atom is -0.507 e. The van der Waals surface area contributed by atoms with E-state index < -0.39 is 23.5 Å². The van der Waals surface area contributed by atoms with Crippen LogP contribution in [0.15, 0.2) is 84.6 Å². The third-order valence-electron chi connectivity index (χ3n) is 5.83. The van der Waals surface area contributed by atoms with Crippen molar-refractivity contribution in [3.63, 3.8) is 0 Å². The maximum absolute atomic E-state index is 13.6. The highest BCUT2D eigenvalue weighted by Crippen LogP contribution is 2.44. The molecule has 6 nitrogen and oxygen atoms in total.